The number of aromatic hydroxyl groups is 1. The van der Waals surface area contributed by atoms with Gasteiger partial charge in [-0.25, -0.2) is 0 Å². The molecule has 0 heterocycles. The predicted molar refractivity (Wildman–Crippen MR) is 88.3 cm³/mol. The van der Waals surface area contributed by atoms with E-state index in [1.54, 1.807) is 25.1 Å². The van der Waals surface area contributed by atoms with Gasteiger partial charge in [-0.05, 0) is 37.4 Å². The number of rotatable bonds is 2. The fourth-order valence-corrected chi connectivity index (χ4v) is 3.21. The molecule has 124 valence electrons. The van der Waals surface area contributed by atoms with Crippen LogP contribution < -0.4 is 10.6 Å². The van der Waals surface area contributed by atoms with Crippen LogP contribution in [0.5, 0.6) is 5.75 Å². The van der Waals surface area contributed by atoms with Gasteiger partial charge in [0, 0.05) is 5.30 Å². The molecule has 0 aromatic heterocycles. The molecule has 0 aliphatic carbocycles. The number of phenolic OH excluding ortho intramolecular Hbond substituents is 1. The maximum absolute atomic E-state index is 13.1. The van der Waals surface area contributed by atoms with Crippen molar-refractivity contribution in [2.45, 2.75) is 20.0 Å². The summed E-state index contributed by atoms with van der Waals surface area (Å²) in [5.74, 6) is 0.0302. The van der Waals surface area contributed by atoms with Crippen LogP contribution >= 0.6 is 25.6 Å². The van der Waals surface area contributed by atoms with E-state index in [-0.39, 0.29) is 19.6 Å². The van der Waals surface area contributed by atoms with E-state index in [2.05, 4.69) is 0 Å². The van der Waals surface area contributed by atoms with Crippen molar-refractivity contribution in [2.75, 3.05) is 0 Å². The van der Waals surface area contributed by atoms with Gasteiger partial charge in [0.25, 0.3) is 0 Å². The summed E-state index contributed by atoms with van der Waals surface area (Å²) in [6.45, 7) is 3.47. The van der Waals surface area contributed by atoms with Crippen LogP contribution in [0.1, 0.15) is 16.7 Å². The Morgan fingerprint density at radius 3 is 2.04 bits per heavy atom. The van der Waals surface area contributed by atoms with E-state index >= 15 is 0 Å². The van der Waals surface area contributed by atoms with Crippen LogP contribution in [0.4, 0.5) is 13.2 Å². The Morgan fingerprint density at radius 2 is 1.48 bits per heavy atom. The molecule has 0 bridgehead atoms. The molecule has 0 amide bonds. The summed E-state index contributed by atoms with van der Waals surface area (Å²) in [7, 11) is 9.64. The molecule has 2 aromatic rings. The van der Waals surface area contributed by atoms with E-state index in [9.17, 15) is 18.3 Å². The van der Waals surface area contributed by atoms with Crippen molar-refractivity contribution < 1.29 is 39.1 Å². The summed E-state index contributed by atoms with van der Waals surface area (Å²) in [4.78, 5) is 0. The molecule has 0 saturated carbocycles. The maximum atomic E-state index is 13.1. The monoisotopic (exact) mass is 458 g/mol. The number of phenols is 1. The zero-order valence-corrected chi connectivity index (χ0v) is 17.3. The molecule has 0 saturated heterocycles. The molecule has 1 N–H and O–H groups in total. The van der Waals surface area contributed by atoms with Crippen molar-refractivity contribution in [3.05, 3.63) is 53.1 Å². The molecule has 0 aliphatic rings. The first kappa shape index (κ1) is 21.0. The Morgan fingerprint density at radius 1 is 0.957 bits per heavy atom. The first-order valence-electron chi connectivity index (χ1n) is 6.39. The quantitative estimate of drug-likeness (QED) is 0.624. The van der Waals surface area contributed by atoms with Crippen LogP contribution in [0.15, 0.2) is 36.4 Å². The Bertz CT molecular complexity index is 666. The second kappa shape index (κ2) is 9.42. The van der Waals surface area contributed by atoms with Crippen molar-refractivity contribution in [3.8, 4) is 5.75 Å². The molecule has 23 heavy (non-hydrogen) atoms. The summed E-state index contributed by atoms with van der Waals surface area (Å²) in [6.07, 6.45) is -4.38. The zero-order valence-electron chi connectivity index (χ0n) is 12.3. The molecule has 2 rings (SSSR count). The van der Waals surface area contributed by atoms with E-state index in [0.717, 1.165) is 11.6 Å². The summed E-state index contributed by atoms with van der Waals surface area (Å²) in [5.41, 5.74) is 0.849. The van der Waals surface area contributed by atoms with Gasteiger partial charge in [0.05, 0.1) is 5.56 Å². The molecule has 0 fully saturated rings. The molecule has 2 aromatic carbocycles. The second-order valence-electron chi connectivity index (χ2n) is 4.76. The van der Waals surface area contributed by atoms with Gasteiger partial charge in [-0.1, -0.05) is 37.9 Å². The molecular weight excluding hydrogens is 446 g/mol. The number of aryl methyl sites for hydroxylation is 2. The Labute approximate surface area is 153 Å². The average Bonchev–Trinajstić information content (AvgIpc) is 2.44. The van der Waals surface area contributed by atoms with Crippen LogP contribution in [0.25, 0.3) is 0 Å². The first-order valence-corrected chi connectivity index (χ1v) is 13.7. The van der Waals surface area contributed by atoms with E-state index < -0.39 is 32.6 Å². The number of alkyl halides is 3. The molecule has 1 unspecified atom stereocenters. The summed E-state index contributed by atoms with van der Waals surface area (Å²) in [6, 6.07) is 9.24. The summed E-state index contributed by atoms with van der Waals surface area (Å²) < 4.78 is 39.2. The Balaban J connectivity index is 0.000000816. The molecular formula is C15H14Cl2F3OPZr. The SMILES string of the molecule is Cc1ccc(O)c(Pc2ccc(C)cc2C(F)(F)F)c1.[Cl][Zr][Cl]. The van der Waals surface area contributed by atoms with Crippen molar-refractivity contribution in [3.63, 3.8) is 0 Å². The van der Waals surface area contributed by atoms with Crippen LogP contribution in [0.2, 0.25) is 0 Å². The van der Waals surface area contributed by atoms with Gasteiger partial charge >= 0.3 is 44.1 Å². The van der Waals surface area contributed by atoms with Crippen LogP contribution in [0, 0.1) is 13.8 Å². The number of hydrogen-bond acceptors (Lipinski definition) is 1. The molecule has 0 radical (unpaired) electrons. The number of halogens is 5. The third-order valence-electron chi connectivity index (χ3n) is 2.90. The predicted octanol–water partition coefficient (Wildman–Crippen LogP) is 5.03. The van der Waals surface area contributed by atoms with Gasteiger partial charge in [-0.15, -0.1) is 0 Å². The molecule has 8 heteroatoms. The van der Waals surface area contributed by atoms with Crippen molar-refractivity contribution >= 4 is 36.2 Å². The van der Waals surface area contributed by atoms with E-state index in [4.69, 9.17) is 17.0 Å². The fraction of sp³-hybridized carbons (Fsp3) is 0.200. The molecule has 1 atom stereocenters. The molecule has 1 nitrogen and oxygen atoms in total. The minimum atomic E-state index is -4.38. The summed E-state index contributed by atoms with van der Waals surface area (Å²) in [5, 5.41) is 10.5. The van der Waals surface area contributed by atoms with E-state index in [0.29, 0.717) is 10.9 Å². The van der Waals surface area contributed by atoms with Crippen LogP contribution in [-0.2, 0) is 27.0 Å². The fourth-order valence-electron chi connectivity index (χ4n) is 1.90. The Hall–Kier alpha value is -0.0769. The van der Waals surface area contributed by atoms with Gasteiger partial charge in [-0.2, -0.15) is 13.2 Å². The molecule has 0 spiro atoms. The van der Waals surface area contributed by atoms with E-state index in [1.165, 1.54) is 12.1 Å². The topological polar surface area (TPSA) is 20.2 Å². The van der Waals surface area contributed by atoms with Crippen LogP contribution in [-0.4, -0.2) is 5.11 Å². The minimum absolute atomic E-state index is 0.0302. The van der Waals surface area contributed by atoms with E-state index in [1.807, 2.05) is 6.92 Å². The van der Waals surface area contributed by atoms with Crippen molar-refractivity contribution in [1.29, 1.82) is 0 Å². The third-order valence-corrected chi connectivity index (χ3v) is 4.28. The van der Waals surface area contributed by atoms with Gasteiger partial charge in [-0.3, -0.25) is 0 Å². The van der Waals surface area contributed by atoms with Crippen molar-refractivity contribution in [1.82, 2.24) is 0 Å². The number of hydrogen-bond donors (Lipinski definition) is 1. The normalized spacial score (nSPS) is 11.3. The zero-order chi connectivity index (χ0) is 17.6. The molecule has 0 aliphatic heterocycles. The summed E-state index contributed by atoms with van der Waals surface area (Å²) >= 11 is -0.826. The van der Waals surface area contributed by atoms with Gasteiger partial charge in [0.15, 0.2) is 0 Å². The average molecular weight is 460 g/mol. The third kappa shape index (κ3) is 6.74. The Kier molecular flexibility index (Phi) is 8.59. The van der Waals surface area contributed by atoms with Crippen molar-refractivity contribution in [2.24, 2.45) is 0 Å². The first-order chi connectivity index (χ1) is 10.7. The van der Waals surface area contributed by atoms with Gasteiger partial charge < -0.3 is 5.11 Å². The standard InChI is InChI=1S/C15H14F3OP.2ClH.Zr/c1-9-4-6-13(11(7-9)15(16,17)18)20-14-8-10(2)3-5-12(14)19;;;/h3-8,19-20H,1-2H3;2*1H;/q;;;+2/p-2. The second-order valence-corrected chi connectivity index (χ2v) is 9.82. The van der Waals surface area contributed by atoms with Gasteiger partial charge in [0.1, 0.15) is 5.75 Å². The number of benzene rings is 2. The van der Waals surface area contributed by atoms with Crippen LogP contribution in [0.3, 0.4) is 0 Å². The van der Waals surface area contributed by atoms with Gasteiger partial charge in [0.2, 0.25) is 0 Å².